The van der Waals surface area contributed by atoms with Crippen LogP contribution in [-0.2, 0) is 4.79 Å². The normalized spacial score (nSPS) is 16.7. The lowest BCUT2D eigenvalue weighted by Gasteiger charge is -2.33. The number of piperidine rings is 1. The number of benzene rings is 1. The highest BCUT2D eigenvalue weighted by Gasteiger charge is 2.25. The molecule has 0 amide bonds. The predicted octanol–water partition coefficient (Wildman–Crippen LogP) is 3.42. The van der Waals surface area contributed by atoms with Crippen LogP contribution in [0.3, 0.4) is 0 Å². The Kier molecular flexibility index (Phi) is 4.39. The summed E-state index contributed by atoms with van der Waals surface area (Å²) < 4.78 is 28.0. The topological polar surface area (TPSA) is 40.5 Å². The van der Waals surface area contributed by atoms with Crippen molar-refractivity contribution in [1.82, 2.24) is 0 Å². The molecule has 0 saturated carbocycles. The highest BCUT2D eigenvalue weighted by Crippen LogP contribution is 2.31. The van der Waals surface area contributed by atoms with Crippen molar-refractivity contribution in [2.24, 2.45) is 5.92 Å². The molecule has 6 heteroatoms. The van der Waals surface area contributed by atoms with Crippen LogP contribution in [0.1, 0.15) is 19.3 Å². The Hall–Kier alpha value is -1.17. The number of hydrogen-bond donors (Lipinski definition) is 1. The molecule has 1 aromatic rings. The van der Waals surface area contributed by atoms with Crippen molar-refractivity contribution in [2.45, 2.75) is 19.3 Å². The summed E-state index contributed by atoms with van der Waals surface area (Å²) in [5, 5.41) is 8.73. The summed E-state index contributed by atoms with van der Waals surface area (Å²) in [5.74, 6) is -1.91. The Bertz CT molecular complexity index is 465. The third kappa shape index (κ3) is 3.43. The van der Waals surface area contributed by atoms with Gasteiger partial charge in [0.2, 0.25) is 0 Å². The van der Waals surface area contributed by atoms with Gasteiger partial charge in [-0.05, 0) is 30.9 Å². The van der Waals surface area contributed by atoms with Gasteiger partial charge in [0, 0.05) is 24.0 Å². The van der Waals surface area contributed by atoms with Gasteiger partial charge < -0.3 is 10.0 Å². The number of anilines is 1. The van der Waals surface area contributed by atoms with Crippen LogP contribution in [0.15, 0.2) is 16.6 Å². The number of aliphatic carboxylic acids is 1. The second-order valence-corrected chi connectivity index (χ2v) is 5.66. The number of carboxylic acid groups (broad SMARTS) is 1. The fourth-order valence-electron chi connectivity index (χ4n) is 2.44. The lowest BCUT2D eigenvalue weighted by molar-refractivity contribution is -0.138. The largest absolute Gasteiger partial charge is 0.481 e. The summed E-state index contributed by atoms with van der Waals surface area (Å²) >= 11 is 3.04. The van der Waals surface area contributed by atoms with Gasteiger partial charge in [0.05, 0.1) is 0 Å². The molecule has 1 aromatic carbocycles. The molecule has 0 bridgehead atoms. The van der Waals surface area contributed by atoms with Gasteiger partial charge in [0.25, 0.3) is 0 Å². The number of hydrogen-bond acceptors (Lipinski definition) is 2. The molecule has 0 radical (unpaired) electrons. The van der Waals surface area contributed by atoms with E-state index in [9.17, 15) is 13.6 Å². The van der Waals surface area contributed by atoms with Gasteiger partial charge in [0.1, 0.15) is 5.69 Å². The maximum Gasteiger partial charge on any atom is 0.303 e. The van der Waals surface area contributed by atoms with E-state index in [2.05, 4.69) is 15.9 Å². The Morgan fingerprint density at radius 2 is 1.84 bits per heavy atom. The molecule has 0 aromatic heterocycles. The van der Waals surface area contributed by atoms with E-state index in [1.165, 1.54) is 12.1 Å². The molecule has 2 rings (SSSR count). The fraction of sp³-hybridized carbons (Fsp3) is 0.462. The molecule has 19 heavy (non-hydrogen) atoms. The zero-order valence-electron chi connectivity index (χ0n) is 10.2. The van der Waals surface area contributed by atoms with Crippen molar-refractivity contribution in [3.8, 4) is 0 Å². The van der Waals surface area contributed by atoms with Crippen LogP contribution in [0, 0.1) is 17.6 Å². The van der Waals surface area contributed by atoms with Gasteiger partial charge >= 0.3 is 5.97 Å². The number of carbonyl (C=O) groups is 1. The first-order chi connectivity index (χ1) is 8.97. The van der Waals surface area contributed by atoms with Gasteiger partial charge in [-0.3, -0.25) is 4.79 Å². The molecule has 1 aliphatic heterocycles. The van der Waals surface area contributed by atoms with E-state index in [1.54, 1.807) is 4.90 Å². The van der Waals surface area contributed by atoms with E-state index in [-0.39, 0.29) is 18.0 Å². The van der Waals surface area contributed by atoms with Gasteiger partial charge in [-0.2, -0.15) is 0 Å². The SMILES string of the molecule is O=C(O)CC1CCN(c2c(F)cc(Br)cc2F)CC1. The molecule has 0 unspecified atom stereocenters. The van der Waals surface area contributed by atoms with Gasteiger partial charge in [0.15, 0.2) is 11.6 Å². The monoisotopic (exact) mass is 333 g/mol. The maximum atomic E-state index is 13.8. The number of nitrogens with zero attached hydrogens (tertiary/aromatic N) is 1. The maximum absolute atomic E-state index is 13.8. The van der Waals surface area contributed by atoms with Crippen LogP contribution < -0.4 is 4.90 Å². The van der Waals surface area contributed by atoms with Crippen molar-refractivity contribution in [2.75, 3.05) is 18.0 Å². The predicted molar refractivity (Wildman–Crippen MR) is 71.2 cm³/mol. The fourth-order valence-corrected chi connectivity index (χ4v) is 2.85. The lowest BCUT2D eigenvalue weighted by atomic mass is 9.93. The van der Waals surface area contributed by atoms with Crippen molar-refractivity contribution >= 4 is 27.6 Å². The Morgan fingerprint density at radius 3 is 2.32 bits per heavy atom. The molecule has 1 N–H and O–H groups in total. The smallest absolute Gasteiger partial charge is 0.303 e. The summed E-state index contributed by atoms with van der Waals surface area (Å²) in [6.45, 7) is 0.959. The summed E-state index contributed by atoms with van der Waals surface area (Å²) in [6.07, 6.45) is 1.40. The number of halogens is 3. The second kappa shape index (κ2) is 5.86. The van der Waals surface area contributed by atoms with Crippen LogP contribution >= 0.6 is 15.9 Å². The zero-order valence-corrected chi connectivity index (χ0v) is 11.8. The molecule has 1 aliphatic rings. The Labute approximate surface area is 118 Å². The first-order valence-corrected chi connectivity index (χ1v) is 6.88. The van der Waals surface area contributed by atoms with Crippen molar-refractivity contribution in [1.29, 1.82) is 0 Å². The van der Waals surface area contributed by atoms with Crippen LogP contribution in [-0.4, -0.2) is 24.2 Å². The first-order valence-electron chi connectivity index (χ1n) is 6.08. The minimum atomic E-state index is -0.820. The highest BCUT2D eigenvalue weighted by molar-refractivity contribution is 9.10. The van der Waals surface area contributed by atoms with E-state index >= 15 is 0 Å². The standard InChI is InChI=1S/C13H14BrF2NO2/c14-9-6-10(15)13(11(16)7-9)17-3-1-8(2-4-17)5-12(18)19/h6-8H,1-5H2,(H,18,19). The summed E-state index contributed by atoms with van der Waals surface area (Å²) in [6, 6.07) is 2.48. The molecule has 3 nitrogen and oxygen atoms in total. The quantitative estimate of drug-likeness (QED) is 0.921. The Balaban J connectivity index is 2.08. The summed E-state index contributed by atoms with van der Waals surface area (Å²) in [7, 11) is 0. The molecule has 0 aliphatic carbocycles. The summed E-state index contributed by atoms with van der Waals surface area (Å²) in [5.41, 5.74) is -0.0167. The van der Waals surface area contributed by atoms with Crippen molar-refractivity contribution in [3.05, 3.63) is 28.2 Å². The van der Waals surface area contributed by atoms with E-state index in [1.807, 2.05) is 0 Å². The van der Waals surface area contributed by atoms with Crippen LogP contribution in [0.4, 0.5) is 14.5 Å². The number of carboxylic acids is 1. The van der Waals surface area contributed by atoms with Crippen molar-refractivity contribution in [3.63, 3.8) is 0 Å². The average Bonchev–Trinajstić information content (AvgIpc) is 2.29. The third-order valence-electron chi connectivity index (χ3n) is 3.38. The molecule has 104 valence electrons. The van der Waals surface area contributed by atoms with Gasteiger partial charge in [-0.15, -0.1) is 0 Å². The molecule has 1 heterocycles. The van der Waals surface area contributed by atoms with E-state index < -0.39 is 17.6 Å². The minimum absolute atomic E-state index is 0.0167. The second-order valence-electron chi connectivity index (χ2n) is 4.75. The average molecular weight is 334 g/mol. The molecule has 0 atom stereocenters. The first kappa shape index (κ1) is 14.2. The Morgan fingerprint density at radius 1 is 1.32 bits per heavy atom. The van der Waals surface area contributed by atoms with Gasteiger partial charge in [-0.25, -0.2) is 8.78 Å². The molecule has 1 saturated heterocycles. The van der Waals surface area contributed by atoms with E-state index in [0.29, 0.717) is 30.4 Å². The lowest BCUT2D eigenvalue weighted by Crippen LogP contribution is -2.35. The summed E-state index contributed by atoms with van der Waals surface area (Å²) in [4.78, 5) is 12.3. The minimum Gasteiger partial charge on any atom is -0.481 e. The molecular formula is C13H14BrF2NO2. The van der Waals surface area contributed by atoms with Crippen LogP contribution in [0.5, 0.6) is 0 Å². The van der Waals surface area contributed by atoms with Crippen LogP contribution in [0.25, 0.3) is 0 Å². The number of rotatable bonds is 3. The van der Waals surface area contributed by atoms with Crippen LogP contribution in [0.2, 0.25) is 0 Å². The van der Waals surface area contributed by atoms with Gasteiger partial charge in [-0.1, -0.05) is 15.9 Å². The molecule has 1 fully saturated rings. The van der Waals surface area contributed by atoms with E-state index in [4.69, 9.17) is 5.11 Å². The highest BCUT2D eigenvalue weighted by atomic mass is 79.9. The molecular weight excluding hydrogens is 320 g/mol. The third-order valence-corrected chi connectivity index (χ3v) is 3.83. The van der Waals surface area contributed by atoms with Crippen molar-refractivity contribution < 1.29 is 18.7 Å². The van der Waals surface area contributed by atoms with E-state index in [0.717, 1.165) is 0 Å². The zero-order chi connectivity index (χ0) is 14.0. The molecule has 0 spiro atoms.